The molecule has 8 nitrogen and oxygen atoms in total. The van der Waals surface area contributed by atoms with Crippen LogP contribution in [0.25, 0.3) is 27.9 Å². The van der Waals surface area contributed by atoms with Crippen LogP contribution >= 0.6 is 0 Å². The number of pyridine rings is 1. The number of aromatic nitrogens is 2. The molecular formula is C33H34N4O4. The Bertz CT molecular complexity index is 1660. The number of carbonyl (C=O) groups is 1. The monoisotopic (exact) mass is 550 g/mol. The number of benzene rings is 2. The Kier molecular flexibility index (Phi) is 7.82. The maximum absolute atomic E-state index is 12.5. The molecule has 0 unspecified atom stereocenters. The number of nitrogens with zero attached hydrogens (tertiary/aromatic N) is 4. The van der Waals surface area contributed by atoms with Crippen molar-refractivity contribution in [1.82, 2.24) is 9.61 Å². The van der Waals surface area contributed by atoms with Crippen LogP contribution in [0.15, 0.2) is 67.4 Å². The van der Waals surface area contributed by atoms with Gasteiger partial charge in [0.2, 0.25) is 0 Å². The highest BCUT2D eigenvalue weighted by molar-refractivity contribution is 5.86. The molecule has 3 heterocycles. The third kappa shape index (κ3) is 5.67. The van der Waals surface area contributed by atoms with Gasteiger partial charge in [0.15, 0.2) is 0 Å². The van der Waals surface area contributed by atoms with E-state index in [0.717, 1.165) is 65.1 Å². The van der Waals surface area contributed by atoms with E-state index >= 15 is 0 Å². The second kappa shape index (κ2) is 11.5. The number of anilines is 1. The van der Waals surface area contributed by atoms with Crippen LogP contribution < -0.4 is 4.90 Å². The summed E-state index contributed by atoms with van der Waals surface area (Å²) in [5.41, 5.74) is 7.01. The molecule has 1 fully saturated rings. The fourth-order valence-electron chi connectivity index (χ4n) is 5.50. The van der Waals surface area contributed by atoms with Crippen molar-refractivity contribution in [2.45, 2.75) is 38.7 Å². The van der Waals surface area contributed by atoms with E-state index in [1.54, 1.807) is 18.2 Å². The molecule has 0 aliphatic carbocycles. The number of phenolic OH excluding ortho intramolecular Hbond substituents is 1. The summed E-state index contributed by atoms with van der Waals surface area (Å²) in [6.07, 6.45) is 5.58. The van der Waals surface area contributed by atoms with E-state index in [4.69, 9.17) is 14.6 Å². The number of hydrogen-bond acceptors (Lipinski definition) is 7. The average Bonchev–Trinajstić information content (AvgIpc) is 3.41. The summed E-state index contributed by atoms with van der Waals surface area (Å²) in [4.78, 5) is 14.8. The van der Waals surface area contributed by atoms with Crippen molar-refractivity contribution in [2.24, 2.45) is 0 Å². The van der Waals surface area contributed by atoms with Gasteiger partial charge in [0.05, 0.1) is 54.3 Å². The van der Waals surface area contributed by atoms with Gasteiger partial charge in [-0.25, -0.2) is 4.52 Å². The first-order chi connectivity index (χ1) is 19.7. The number of fused-ring (bicyclic) bond motifs is 1. The highest BCUT2D eigenvalue weighted by Gasteiger charge is 2.33. The molecule has 1 saturated heterocycles. The highest BCUT2D eigenvalue weighted by Crippen LogP contribution is 2.38. The van der Waals surface area contributed by atoms with Crippen LogP contribution in [0.5, 0.6) is 5.75 Å². The van der Waals surface area contributed by atoms with E-state index in [2.05, 4.69) is 24.5 Å². The van der Waals surface area contributed by atoms with E-state index in [1.165, 1.54) is 13.2 Å². The first kappa shape index (κ1) is 27.9. The fraction of sp³-hybridized carbons (Fsp3) is 0.303. The quantitative estimate of drug-likeness (QED) is 0.218. The van der Waals surface area contributed by atoms with Crippen molar-refractivity contribution in [3.63, 3.8) is 0 Å². The molecule has 2 aromatic carbocycles. The molecule has 2 aromatic heterocycles. The number of rotatable bonds is 8. The number of ether oxygens (including phenoxy) is 2. The van der Waals surface area contributed by atoms with Gasteiger partial charge in [0.1, 0.15) is 5.75 Å². The molecule has 1 aliphatic rings. The van der Waals surface area contributed by atoms with Crippen LogP contribution in [0.3, 0.4) is 0 Å². The SMILES string of the molecule is C=CCOC1(C)CCN(c2c(CC(=O)OC)c(C)cn3nc(-c4cccc(-c5cc(C#N)ccc5O)c4)cc23)CC1. The smallest absolute Gasteiger partial charge is 0.310 e. The Hall–Kier alpha value is -4.61. The third-order valence-electron chi connectivity index (χ3n) is 7.89. The third-order valence-corrected chi connectivity index (χ3v) is 7.89. The predicted octanol–water partition coefficient (Wildman–Crippen LogP) is 5.83. The summed E-state index contributed by atoms with van der Waals surface area (Å²) >= 11 is 0. The number of hydrogen-bond donors (Lipinski definition) is 1. The van der Waals surface area contributed by atoms with Crippen molar-refractivity contribution in [3.05, 3.63) is 84.1 Å². The van der Waals surface area contributed by atoms with Gasteiger partial charge >= 0.3 is 5.97 Å². The van der Waals surface area contributed by atoms with Crippen molar-refractivity contribution in [2.75, 3.05) is 31.7 Å². The van der Waals surface area contributed by atoms with Crippen LogP contribution in [0.2, 0.25) is 0 Å². The number of methoxy groups -OCH3 is 1. The maximum Gasteiger partial charge on any atom is 0.310 e. The number of aromatic hydroxyl groups is 1. The molecule has 41 heavy (non-hydrogen) atoms. The number of phenols is 1. The van der Waals surface area contributed by atoms with Gasteiger partial charge in [0.25, 0.3) is 0 Å². The van der Waals surface area contributed by atoms with Gasteiger partial charge < -0.3 is 19.5 Å². The van der Waals surface area contributed by atoms with Gasteiger partial charge in [-0.15, -0.1) is 6.58 Å². The number of carbonyl (C=O) groups excluding carboxylic acids is 1. The number of piperidine rings is 1. The van der Waals surface area contributed by atoms with Crippen LogP contribution in [0.4, 0.5) is 5.69 Å². The molecule has 210 valence electrons. The zero-order valence-corrected chi connectivity index (χ0v) is 23.7. The summed E-state index contributed by atoms with van der Waals surface area (Å²) in [5.74, 6) is -0.183. The van der Waals surface area contributed by atoms with Crippen LogP contribution in [0.1, 0.15) is 36.5 Å². The highest BCUT2D eigenvalue weighted by atomic mass is 16.5. The number of aryl methyl sites for hydroxylation is 1. The average molecular weight is 551 g/mol. The molecule has 0 saturated carbocycles. The first-order valence-electron chi connectivity index (χ1n) is 13.7. The summed E-state index contributed by atoms with van der Waals surface area (Å²) in [6.45, 7) is 9.97. The van der Waals surface area contributed by atoms with Gasteiger partial charge in [-0.3, -0.25) is 4.79 Å². The van der Waals surface area contributed by atoms with E-state index in [-0.39, 0.29) is 23.7 Å². The summed E-state index contributed by atoms with van der Waals surface area (Å²) in [7, 11) is 1.41. The van der Waals surface area contributed by atoms with Crippen LogP contribution in [-0.4, -0.2) is 53.1 Å². The number of esters is 1. The van der Waals surface area contributed by atoms with Crippen molar-refractivity contribution in [1.29, 1.82) is 5.26 Å². The lowest BCUT2D eigenvalue weighted by Gasteiger charge is -2.41. The van der Waals surface area contributed by atoms with E-state index in [9.17, 15) is 15.2 Å². The Morgan fingerprint density at radius 3 is 2.66 bits per heavy atom. The molecule has 0 radical (unpaired) electrons. The predicted molar refractivity (Wildman–Crippen MR) is 159 cm³/mol. The van der Waals surface area contributed by atoms with E-state index in [0.29, 0.717) is 17.7 Å². The molecule has 1 aliphatic heterocycles. The molecule has 5 rings (SSSR count). The van der Waals surface area contributed by atoms with Gasteiger partial charge in [-0.05, 0) is 73.7 Å². The zero-order chi connectivity index (χ0) is 29.1. The van der Waals surface area contributed by atoms with E-state index in [1.807, 2.05) is 48.0 Å². The summed E-state index contributed by atoms with van der Waals surface area (Å²) in [5, 5.41) is 24.8. The Morgan fingerprint density at radius 2 is 1.95 bits per heavy atom. The van der Waals surface area contributed by atoms with Gasteiger partial charge in [0, 0.05) is 30.4 Å². The molecular weight excluding hydrogens is 516 g/mol. The Balaban J connectivity index is 1.58. The topological polar surface area (TPSA) is 100 Å². The fourth-order valence-corrected chi connectivity index (χ4v) is 5.50. The number of nitriles is 1. The molecule has 4 aromatic rings. The van der Waals surface area contributed by atoms with Crippen LogP contribution in [-0.2, 0) is 20.7 Å². The lowest BCUT2D eigenvalue weighted by Crippen LogP contribution is -2.45. The molecule has 1 N–H and O–H groups in total. The van der Waals surface area contributed by atoms with Crippen molar-refractivity contribution >= 4 is 17.2 Å². The molecule has 0 atom stereocenters. The minimum Gasteiger partial charge on any atom is -0.507 e. The lowest BCUT2D eigenvalue weighted by atomic mass is 9.92. The minimum absolute atomic E-state index is 0.107. The zero-order valence-electron chi connectivity index (χ0n) is 23.7. The summed E-state index contributed by atoms with van der Waals surface area (Å²) < 4.78 is 13.0. The largest absolute Gasteiger partial charge is 0.507 e. The minimum atomic E-state index is -0.290. The molecule has 0 spiro atoms. The molecule has 8 heteroatoms. The second-order valence-electron chi connectivity index (χ2n) is 10.7. The lowest BCUT2D eigenvalue weighted by molar-refractivity contribution is -0.139. The van der Waals surface area contributed by atoms with Gasteiger partial charge in [-0.2, -0.15) is 10.4 Å². The van der Waals surface area contributed by atoms with Crippen molar-refractivity contribution in [3.8, 4) is 34.2 Å². The normalized spacial score (nSPS) is 14.5. The first-order valence-corrected chi connectivity index (χ1v) is 13.7. The summed E-state index contributed by atoms with van der Waals surface area (Å²) in [6, 6.07) is 16.7. The Morgan fingerprint density at radius 1 is 1.20 bits per heavy atom. The van der Waals surface area contributed by atoms with E-state index < -0.39 is 0 Å². The second-order valence-corrected chi connectivity index (χ2v) is 10.7. The Labute approximate surface area is 240 Å². The standard InChI is InChI=1S/C33H34N4O4/c1-5-15-41-33(3)11-13-36(14-12-33)32-26(18-31(39)40-4)22(2)21-37-29(32)19-28(35-37)25-8-6-7-24(17-25)27-16-23(20-34)9-10-30(27)38/h5-10,16-17,19,21,38H,1,11-15,18H2,2-4H3. The van der Waals surface area contributed by atoms with Gasteiger partial charge in [-0.1, -0.05) is 24.3 Å². The molecule has 0 bridgehead atoms. The van der Waals surface area contributed by atoms with Crippen LogP contribution in [0, 0.1) is 18.3 Å². The maximum atomic E-state index is 12.5. The molecule has 0 amide bonds. The van der Waals surface area contributed by atoms with Crippen molar-refractivity contribution < 1.29 is 19.4 Å².